The van der Waals surface area contributed by atoms with Gasteiger partial charge in [0.1, 0.15) is 0 Å². The quantitative estimate of drug-likeness (QED) is 0.269. The lowest BCUT2D eigenvalue weighted by atomic mass is 9.90. The van der Waals surface area contributed by atoms with Crippen LogP contribution in [0.3, 0.4) is 0 Å². The Bertz CT molecular complexity index is 376. The third kappa shape index (κ3) is 6.22. The molecule has 1 heterocycles. The highest BCUT2D eigenvalue weighted by Crippen LogP contribution is 2.39. The molecule has 1 N–H and O–H groups in total. The number of alkyl halides is 1. The molecule has 1 aliphatic rings. The van der Waals surface area contributed by atoms with Crippen molar-refractivity contribution >= 4 is 30.9 Å². The second-order valence-electron chi connectivity index (χ2n) is 8.72. The highest BCUT2D eigenvalue weighted by Gasteiger charge is 2.44. The fourth-order valence-corrected chi connectivity index (χ4v) is 4.35. The van der Waals surface area contributed by atoms with Crippen LogP contribution in [0, 0.1) is 11.8 Å². The third-order valence-electron chi connectivity index (χ3n) is 5.28. The molecule has 4 nitrogen and oxygen atoms in total. The summed E-state index contributed by atoms with van der Waals surface area (Å²) in [5.41, 5.74) is 0. The molecule has 1 aliphatic heterocycles. The first-order chi connectivity index (χ1) is 10.3. The van der Waals surface area contributed by atoms with Crippen molar-refractivity contribution < 1.29 is 19.0 Å². The standard InChI is InChI=1S/C17H35IO4Si/c1-12-13(10-20-17(5,6)19)14(9-18)22-15(12)11-21-23(7,8)16(2,3)4/h12-15,19H,9-11H2,1-8H3/t12-,13?,14+,15+/m0/s1. The van der Waals surface area contributed by atoms with E-state index in [2.05, 4.69) is 63.4 Å². The summed E-state index contributed by atoms with van der Waals surface area (Å²) < 4.78 is 19.1. The van der Waals surface area contributed by atoms with Gasteiger partial charge in [-0.3, -0.25) is 0 Å². The molecular weight excluding hydrogens is 423 g/mol. The van der Waals surface area contributed by atoms with E-state index in [9.17, 15) is 5.11 Å². The molecule has 1 saturated heterocycles. The van der Waals surface area contributed by atoms with Gasteiger partial charge in [0, 0.05) is 10.3 Å². The normalized spacial score (nSPS) is 30.0. The number of halogens is 1. The Morgan fingerprint density at radius 1 is 1.09 bits per heavy atom. The Labute approximate surface area is 156 Å². The van der Waals surface area contributed by atoms with E-state index < -0.39 is 14.1 Å². The van der Waals surface area contributed by atoms with Gasteiger partial charge < -0.3 is 19.0 Å². The van der Waals surface area contributed by atoms with Crippen LogP contribution in [-0.4, -0.2) is 49.1 Å². The van der Waals surface area contributed by atoms with E-state index in [0.29, 0.717) is 25.0 Å². The lowest BCUT2D eigenvalue weighted by Gasteiger charge is -2.37. The second kappa shape index (κ2) is 7.99. The van der Waals surface area contributed by atoms with Crippen LogP contribution in [0.4, 0.5) is 0 Å². The molecule has 4 atom stereocenters. The Kier molecular flexibility index (Phi) is 7.59. The largest absolute Gasteiger partial charge is 0.414 e. The van der Waals surface area contributed by atoms with Gasteiger partial charge in [-0.25, -0.2) is 0 Å². The van der Waals surface area contributed by atoms with E-state index in [-0.39, 0.29) is 17.2 Å². The molecule has 1 rings (SSSR count). The molecular formula is C17H35IO4Si. The lowest BCUT2D eigenvalue weighted by Crippen LogP contribution is -2.43. The maximum Gasteiger partial charge on any atom is 0.192 e. The van der Waals surface area contributed by atoms with E-state index in [4.69, 9.17) is 13.9 Å². The molecule has 1 unspecified atom stereocenters. The van der Waals surface area contributed by atoms with Crippen LogP contribution >= 0.6 is 22.6 Å². The molecule has 1 fully saturated rings. The molecule has 6 heteroatoms. The maximum atomic E-state index is 9.80. The van der Waals surface area contributed by atoms with Gasteiger partial charge in [-0.05, 0) is 37.9 Å². The summed E-state index contributed by atoms with van der Waals surface area (Å²) >= 11 is 2.37. The van der Waals surface area contributed by atoms with Crippen LogP contribution in [0.25, 0.3) is 0 Å². The molecule has 0 saturated carbocycles. The van der Waals surface area contributed by atoms with Gasteiger partial charge in [-0.1, -0.05) is 50.3 Å². The van der Waals surface area contributed by atoms with Crippen LogP contribution in [0.5, 0.6) is 0 Å². The Morgan fingerprint density at radius 2 is 1.65 bits per heavy atom. The Hall–Kier alpha value is 0.787. The average Bonchev–Trinajstić information content (AvgIpc) is 2.68. The van der Waals surface area contributed by atoms with E-state index >= 15 is 0 Å². The van der Waals surface area contributed by atoms with Crippen molar-refractivity contribution in [2.75, 3.05) is 17.6 Å². The first-order valence-corrected chi connectivity index (χ1v) is 12.9. The first-order valence-electron chi connectivity index (χ1n) is 8.50. The van der Waals surface area contributed by atoms with Crippen molar-refractivity contribution in [1.29, 1.82) is 0 Å². The van der Waals surface area contributed by atoms with Crippen molar-refractivity contribution in [2.24, 2.45) is 11.8 Å². The highest BCUT2D eigenvalue weighted by molar-refractivity contribution is 14.1. The predicted octanol–water partition coefficient (Wildman–Crippen LogP) is 4.21. The van der Waals surface area contributed by atoms with Crippen molar-refractivity contribution in [3.63, 3.8) is 0 Å². The van der Waals surface area contributed by atoms with Gasteiger partial charge in [0.15, 0.2) is 14.1 Å². The molecule has 138 valence electrons. The monoisotopic (exact) mass is 458 g/mol. The summed E-state index contributed by atoms with van der Waals surface area (Å²) in [5.74, 6) is -0.432. The zero-order chi connectivity index (χ0) is 18.1. The zero-order valence-electron chi connectivity index (χ0n) is 16.0. The fourth-order valence-electron chi connectivity index (χ4n) is 2.47. The maximum absolute atomic E-state index is 9.80. The molecule has 0 aromatic carbocycles. The summed E-state index contributed by atoms with van der Waals surface area (Å²) in [5, 5.41) is 10.0. The highest BCUT2D eigenvalue weighted by atomic mass is 127. The summed E-state index contributed by atoms with van der Waals surface area (Å²) in [7, 11) is -1.76. The number of rotatable bonds is 7. The molecule has 0 aromatic heterocycles. The van der Waals surface area contributed by atoms with Gasteiger partial charge in [0.25, 0.3) is 0 Å². The Morgan fingerprint density at radius 3 is 2.09 bits per heavy atom. The van der Waals surface area contributed by atoms with Gasteiger partial charge in [0.2, 0.25) is 0 Å². The van der Waals surface area contributed by atoms with Crippen molar-refractivity contribution in [3.05, 3.63) is 0 Å². The minimum absolute atomic E-state index is 0.110. The van der Waals surface area contributed by atoms with Crippen LogP contribution < -0.4 is 0 Å². The summed E-state index contributed by atoms with van der Waals surface area (Å²) in [6, 6.07) is 0. The van der Waals surface area contributed by atoms with Crippen LogP contribution in [-0.2, 0) is 13.9 Å². The topological polar surface area (TPSA) is 47.9 Å². The van der Waals surface area contributed by atoms with E-state index in [1.54, 1.807) is 13.8 Å². The minimum Gasteiger partial charge on any atom is -0.414 e. The predicted molar refractivity (Wildman–Crippen MR) is 106 cm³/mol. The molecule has 0 amide bonds. The number of aliphatic hydroxyl groups is 1. The SMILES string of the molecule is C[C@H]1C(COC(C)(C)O)[C@@H](CI)O[C@@H]1CO[Si](C)(C)C(C)(C)C. The molecule has 23 heavy (non-hydrogen) atoms. The van der Waals surface area contributed by atoms with Crippen molar-refractivity contribution in [1.82, 2.24) is 0 Å². The fraction of sp³-hybridized carbons (Fsp3) is 1.00. The van der Waals surface area contributed by atoms with Crippen LogP contribution in [0.2, 0.25) is 18.1 Å². The molecule has 0 radical (unpaired) electrons. The minimum atomic E-state index is -1.76. The van der Waals surface area contributed by atoms with Crippen LogP contribution in [0.1, 0.15) is 41.5 Å². The summed E-state index contributed by atoms with van der Waals surface area (Å²) in [6.45, 7) is 18.1. The number of hydrogen-bond donors (Lipinski definition) is 1. The number of ether oxygens (including phenoxy) is 2. The smallest absolute Gasteiger partial charge is 0.192 e. The third-order valence-corrected chi connectivity index (χ3v) is 10.7. The summed E-state index contributed by atoms with van der Waals surface area (Å²) in [4.78, 5) is 0. The molecule has 0 spiro atoms. The zero-order valence-corrected chi connectivity index (χ0v) is 19.1. The van der Waals surface area contributed by atoms with E-state index in [0.717, 1.165) is 4.43 Å². The van der Waals surface area contributed by atoms with Crippen LogP contribution in [0.15, 0.2) is 0 Å². The van der Waals surface area contributed by atoms with Crippen molar-refractivity contribution in [2.45, 2.75) is 77.7 Å². The summed E-state index contributed by atoms with van der Waals surface area (Å²) in [6.07, 6.45) is 0.278. The van der Waals surface area contributed by atoms with E-state index in [1.807, 2.05) is 0 Å². The second-order valence-corrected chi connectivity index (χ2v) is 14.4. The van der Waals surface area contributed by atoms with Crippen molar-refractivity contribution in [3.8, 4) is 0 Å². The van der Waals surface area contributed by atoms with Gasteiger partial charge in [0.05, 0.1) is 25.4 Å². The Balaban J connectivity index is 2.65. The average molecular weight is 458 g/mol. The van der Waals surface area contributed by atoms with Gasteiger partial charge in [-0.15, -0.1) is 0 Å². The molecule has 0 aromatic rings. The lowest BCUT2D eigenvalue weighted by molar-refractivity contribution is -0.186. The molecule has 0 aliphatic carbocycles. The van der Waals surface area contributed by atoms with E-state index in [1.165, 1.54) is 0 Å². The van der Waals surface area contributed by atoms with Gasteiger partial charge >= 0.3 is 0 Å². The number of hydrogen-bond acceptors (Lipinski definition) is 4. The van der Waals surface area contributed by atoms with Gasteiger partial charge in [-0.2, -0.15) is 0 Å². The first kappa shape index (κ1) is 21.8. The molecule has 0 bridgehead atoms.